The van der Waals surface area contributed by atoms with Crippen LogP contribution in [0, 0.1) is 10.1 Å². The van der Waals surface area contributed by atoms with Gasteiger partial charge in [-0.3, -0.25) is 15.5 Å². The fourth-order valence-corrected chi connectivity index (χ4v) is 1.63. The van der Waals surface area contributed by atoms with E-state index in [0.717, 1.165) is 5.56 Å². The maximum atomic E-state index is 10.5. The number of hydrogen-bond acceptors (Lipinski definition) is 6. The minimum atomic E-state index is -1.04. The van der Waals surface area contributed by atoms with Crippen LogP contribution in [0.25, 0.3) is 0 Å². The van der Waals surface area contributed by atoms with Crippen molar-refractivity contribution in [1.29, 1.82) is 0 Å². The average Bonchev–Trinajstić information content (AvgIpc) is 2.54. The van der Waals surface area contributed by atoms with Crippen molar-refractivity contribution in [3.05, 3.63) is 64.2 Å². The molecular formula is C15H13N3O5. The lowest BCUT2D eigenvalue weighted by molar-refractivity contribution is -0.384. The number of anilines is 1. The molecule has 2 aromatic carbocycles. The van der Waals surface area contributed by atoms with Crippen molar-refractivity contribution in [2.45, 2.75) is 0 Å². The van der Waals surface area contributed by atoms with Gasteiger partial charge in [-0.15, -0.1) is 0 Å². The van der Waals surface area contributed by atoms with Crippen LogP contribution in [0.2, 0.25) is 0 Å². The number of nitro benzene ring substituents is 1. The molecule has 0 radical (unpaired) electrons. The van der Waals surface area contributed by atoms with E-state index in [-0.39, 0.29) is 5.69 Å². The predicted octanol–water partition coefficient (Wildman–Crippen LogP) is 2.50. The summed E-state index contributed by atoms with van der Waals surface area (Å²) in [5.41, 5.74) is 4.16. The molecular weight excluding hydrogens is 302 g/mol. The highest BCUT2D eigenvalue weighted by Crippen LogP contribution is 2.15. The molecule has 8 heteroatoms. The summed E-state index contributed by atoms with van der Waals surface area (Å²) in [6.45, 7) is -0.394. The van der Waals surface area contributed by atoms with Gasteiger partial charge < -0.3 is 9.84 Å². The Balaban J connectivity index is 1.90. The Morgan fingerprint density at radius 3 is 2.43 bits per heavy atom. The normalized spacial score (nSPS) is 10.4. The number of non-ortho nitro benzene ring substituents is 1. The lowest BCUT2D eigenvalue weighted by atomic mass is 10.2. The molecule has 0 fully saturated rings. The largest absolute Gasteiger partial charge is 0.482 e. The Morgan fingerprint density at radius 2 is 1.87 bits per heavy atom. The Kier molecular flexibility index (Phi) is 5.24. The Hall–Kier alpha value is -3.42. The standard InChI is InChI=1S/C15H13N3O5/c19-15(20)10-23-14-7-1-11(2-8-14)9-16-17-12-3-5-13(6-4-12)18(21)22/h1-9,17H,10H2,(H,19,20)/b16-9-. The summed E-state index contributed by atoms with van der Waals surface area (Å²) < 4.78 is 5.01. The van der Waals surface area contributed by atoms with Gasteiger partial charge in [0.25, 0.3) is 5.69 Å². The predicted molar refractivity (Wildman–Crippen MR) is 83.9 cm³/mol. The summed E-state index contributed by atoms with van der Waals surface area (Å²) >= 11 is 0. The molecule has 0 aliphatic carbocycles. The first-order valence-electron chi connectivity index (χ1n) is 6.53. The fraction of sp³-hybridized carbons (Fsp3) is 0.0667. The van der Waals surface area contributed by atoms with Crippen LogP contribution in [-0.4, -0.2) is 28.8 Å². The van der Waals surface area contributed by atoms with Gasteiger partial charge in [0, 0.05) is 12.1 Å². The van der Waals surface area contributed by atoms with Crippen molar-refractivity contribution in [1.82, 2.24) is 0 Å². The van der Waals surface area contributed by atoms with Crippen LogP contribution in [0.4, 0.5) is 11.4 Å². The van der Waals surface area contributed by atoms with Crippen LogP contribution in [0.15, 0.2) is 53.6 Å². The lowest BCUT2D eigenvalue weighted by Crippen LogP contribution is -2.09. The topological polar surface area (TPSA) is 114 Å². The second-order valence-electron chi connectivity index (χ2n) is 4.43. The van der Waals surface area contributed by atoms with E-state index < -0.39 is 17.5 Å². The van der Waals surface area contributed by atoms with E-state index in [0.29, 0.717) is 11.4 Å². The zero-order valence-corrected chi connectivity index (χ0v) is 11.9. The minimum Gasteiger partial charge on any atom is -0.482 e. The second kappa shape index (κ2) is 7.55. The maximum Gasteiger partial charge on any atom is 0.341 e. The van der Waals surface area contributed by atoms with Gasteiger partial charge in [-0.05, 0) is 42.0 Å². The number of carbonyl (C=O) groups is 1. The monoisotopic (exact) mass is 315 g/mol. The molecule has 23 heavy (non-hydrogen) atoms. The third-order valence-corrected chi connectivity index (χ3v) is 2.73. The summed E-state index contributed by atoms with van der Waals surface area (Å²) in [6.07, 6.45) is 1.56. The van der Waals surface area contributed by atoms with E-state index >= 15 is 0 Å². The Labute approximate surface area is 131 Å². The van der Waals surface area contributed by atoms with Crippen molar-refractivity contribution < 1.29 is 19.6 Å². The molecule has 0 aliphatic rings. The molecule has 0 unspecified atom stereocenters. The number of hydrogen-bond donors (Lipinski definition) is 2. The molecule has 0 saturated carbocycles. The molecule has 8 nitrogen and oxygen atoms in total. The van der Waals surface area contributed by atoms with E-state index in [2.05, 4.69) is 10.5 Å². The second-order valence-corrected chi connectivity index (χ2v) is 4.43. The average molecular weight is 315 g/mol. The van der Waals surface area contributed by atoms with Crippen LogP contribution in [0.5, 0.6) is 5.75 Å². The molecule has 0 spiro atoms. The highest BCUT2D eigenvalue weighted by Gasteiger charge is 2.03. The van der Waals surface area contributed by atoms with Crippen molar-refractivity contribution in [3.63, 3.8) is 0 Å². The molecule has 0 saturated heterocycles. The number of ether oxygens (including phenoxy) is 1. The van der Waals surface area contributed by atoms with Gasteiger partial charge in [0.1, 0.15) is 5.75 Å². The molecule has 2 aromatic rings. The van der Waals surface area contributed by atoms with Gasteiger partial charge in [-0.1, -0.05) is 0 Å². The summed E-state index contributed by atoms with van der Waals surface area (Å²) in [6, 6.07) is 12.6. The van der Waals surface area contributed by atoms with E-state index in [9.17, 15) is 14.9 Å². The number of hydrazone groups is 1. The number of aliphatic carboxylic acids is 1. The number of carboxylic acids is 1. The van der Waals surface area contributed by atoms with Crippen LogP contribution in [0.1, 0.15) is 5.56 Å². The third-order valence-electron chi connectivity index (χ3n) is 2.73. The number of carboxylic acid groups (broad SMARTS) is 1. The van der Waals surface area contributed by atoms with Crippen LogP contribution in [-0.2, 0) is 4.79 Å². The summed E-state index contributed by atoms with van der Waals surface area (Å²) in [7, 11) is 0. The van der Waals surface area contributed by atoms with E-state index in [4.69, 9.17) is 9.84 Å². The number of nitro groups is 1. The quantitative estimate of drug-likeness (QED) is 0.461. The first-order chi connectivity index (χ1) is 11.0. The molecule has 2 rings (SSSR count). The Bertz CT molecular complexity index is 711. The van der Waals surface area contributed by atoms with Gasteiger partial charge >= 0.3 is 5.97 Å². The van der Waals surface area contributed by atoms with Crippen molar-refractivity contribution >= 4 is 23.6 Å². The van der Waals surface area contributed by atoms with Gasteiger partial charge in [0.2, 0.25) is 0 Å². The maximum absolute atomic E-state index is 10.5. The number of benzene rings is 2. The number of nitrogens with one attached hydrogen (secondary N) is 1. The zero-order valence-electron chi connectivity index (χ0n) is 11.9. The van der Waals surface area contributed by atoms with Gasteiger partial charge in [-0.2, -0.15) is 5.10 Å². The fourth-order valence-electron chi connectivity index (χ4n) is 1.63. The van der Waals surface area contributed by atoms with Gasteiger partial charge in [0.05, 0.1) is 16.8 Å². The number of rotatable bonds is 7. The van der Waals surface area contributed by atoms with E-state index in [1.165, 1.54) is 12.1 Å². The van der Waals surface area contributed by atoms with Gasteiger partial charge in [0.15, 0.2) is 6.61 Å². The Morgan fingerprint density at radius 1 is 1.22 bits per heavy atom. The van der Waals surface area contributed by atoms with Crippen molar-refractivity contribution in [2.75, 3.05) is 12.0 Å². The van der Waals surface area contributed by atoms with Crippen LogP contribution >= 0.6 is 0 Å². The third kappa shape index (κ3) is 5.12. The molecule has 0 heterocycles. The summed E-state index contributed by atoms with van der Waals surface area (Å²) in [4.78, 5) is 20.4. The number of nitrogens with zero attached hydrogens (tertiary/aromatic N) is 2. The summed E-state index contributed by atoms with van der Waals surface area (Å²) in [5.74, 6) is -0.587. The SMILES string of the molecule is O=C(O)COc1ccc(/C=N\Nc2ccc([N+](=O)[O-])cc2)cc1. The zero-order chi connectivity index (χ0) is 16.7. The first kappa shape index (κ1) is 16.0. The highest BCUT2D eigenvalue weighted by atomic mass is 16.6. The van der Waals surface area contributed by atoms with Gasteiger partial charge in [-0.25, -0.2) is 4.79 Å². The van der Waals surface area contributed by atoms with Crippen LogP contribution in [0.3, 0.4) is 0 Å². The highest BCUT2D eigenvalue weighted by molar-refractivity contribution is 5.80. The minimum absolute atomic E-state index is 0.0106. The van der Waals surface area contributed by atoms with E-state index in [1.807, 2.05) is 0 Å². The molecule has 0 aromatic heterocycles. The molecule has 0 amide bonds. The smallest absolute Gasteiger partial charge is 0.341 e. The molecule has 0 atom stereocenters. The molecule has 118 valence electrons. The van der Waals surface area contributed by atoms with E-state index in [1.54, 1.807) is 42.6 Å². The molecule has 0 aliphatic heterocycles. The first-order valence-corrected chi connectivity index (χ1v) is 6.53. The van der Waals surface area contributed by atoms with Crippen molar-refractivity contribution in [3.8, 4) is 5.75 Å². The molecule has 2 N–H and O–H groups in total. The molecule has 0 bridgehead atoms. The van der Waals surface area contributed by atoms with Crippen LogP contribution < -0.4 is 10.2 Å². The lowest BCUT2D eigenvalue weighted by Gasteiger charge is -2.03. The summed E-state index contributed by atoms with van der Waals surface area (Å²) in [5, 5.41) is 23.1. The van der Waals surface area contributed by atoms with Crippen molar-refractivity contribution in [2.24, 2.45) is 5.10 Å².